The lowest BCUT2D eigenvalue weighted by molar-refractivity contribution is -0.123. The smallest absolute Gasteiger partial charge is 0.226 e. The fourth-order valence-electron chi connectivity index (χ4n) is 1.85. The lowest BCUT2D eigenvalue weighted by Gasteiger charge is -2.20. The maximum absolute atomic E-state index is 11.7. The summed E-state index contributed by atoms with van der Waals surface area (Å²) in [5.41, 5.74) is 5.72. The van der Waals surface area contributed by atoms with Gasteiger partial charge in [-0.2, -0.15) is 0 Å². The van der Waals surface area contributed by atoms with Gasteiger partial charge in [-0.1, -0.05) is 12.2 Å². The first-order chi connectivity index (χ1) is 8.00. The minimum absolute atomic E-state index is 0.0205. The molecule has 98 valence electrons. The summed E-state index contributed by atoms with van der Waals surface area (Å²) in [5.74, 6) is 0.0919. The topological polar surface area (TPSA) is 58.4 Å². The average molecular weight is 239 g/mol. The van der Waals surface area contributed by atoms with Crippen LogP contribution in [0.2, 0.25) is 0 Å². The lowest BCUT2D eigenvalue weighted by Crippen LogP contribution is -2.34. The molecule has 2 atom stereocenters. The van der Waals surface area contributed by atoms with Gasteiger partial charge in [-0.25, -0.2) is 0 Å². The zero-order chi connectivity index (χ0) is 12.8. The van der Waals surface area contributed by atoms with Crippen molar-refractivity contribution in [1.29, 1.82) is 0 Å². The molecule has 0 aromatic carbocycles. The van der Waals surface area contributed by atoms with E-state index in [1.165, 1.54) is 0 Å². The zero-order valence-electron chi connectivity index (χ0n) is 11.1. The predicted octanol–water partition coefficient (Wildman–Crippen LogP) is 0.736. The van der Waals surface area contributed by atoms with Crippen molar-refractivity contribution in [3.63, 3.8) is 0 Å². The van der Waals surface area contributed by atoms with Gasteiger partial charge in [0.15, 0.2) is 0 Å². The van der Waals surface area contributed by atoms with E-state index in [0.717, 1.165) is 25.9 Å². The first-order valence-corrected chi connectivity index (χ1v) is 6.42. The van der Waals surface area contributed by atoms with Crippen molar-refractivity contribution in [2.24, 2.45) is 11.7 Å². The Morgan fingerprint density at radius 1 is 1.53 bits per heavy atom. The molecule has 1 aliphatic rings. The summed E-state index contributed by atoms with van der Waals surface area (Å²) in [6.07, 6.45) is 5.57. The van der Waals surface area contributed by atoms with Gasteiger partial charge in [-0.3, -0.25) is 4.79 Å². The minimum atomic E-state index is -0.0205. The summed E-state index contributed by atoms with van der Waals surface area (Å²) in [6, 6.07) is 0.610. The van der Waals surface area contributed by atoms with E-state index in [9.17, 15) is 4.79 Å². The fourth-order valence-corrected chi connectivity index (χ4v) is 1.85. The molecule has 0 aromatic rings. The molecule has 0 aromatic heterocycles. The van der Waals surface area contributed by atoms with E-state index in [1.54, 1.807) is 0 Å². The van der Waals surface area contributed by atoms with Crippen molar-refractivity contribution >= 4 is 5.91 Å². The lowest BCUT2D eigenvalue weighted by atomic mass is 10.1. The van der Waals surface area contributed by atoms with Gasteiger partial charge in [0.1, 0.15) is 0 Å². The largest absolute Gasteiger partial charge is 0.356 e. The predicted molar refractivity (Wildman–Crippen MR) is 70.6 cm³/mol. The van der Waals surface area contributed by atoms with Crippen LogP contribution >= 0.6 is 0 Å². The fraction of sp³-hybridized carbons (Fsp3) is 0.769. The molecule has 0 heterocycles. The van der Waals surface area contributed by atoms with Crippen LogP contribution in [0, 0.1) is 5.92 Å². The number of nitrogens with one attached hydrogen (secondary N) is 1. The Bertz CT molecular complexity index is 276. The van der Waals surface area contributed by atoms with Gasteiger partial charge in [0.05, 0.1) is 5.92 Å². The van der Waals surface area contributed by atoms with E-state index in [4.69, 9.17) is 5.73 Å². The Balaban J connectivity index is 2.11. The monoisotopic (exact) mass is 239 g/mol. The second-order valence-corrected chi connectivity index (χ2v) is 5.11. The van der Waals surface area contributed by atoms with Crippen LogP contribution in [0.25, 0.3) is 0 Å². The molecule has 4 heteroatoms. The van der Waals surface area contributed by atoms with Gasteiger partial charge in [-0.05, 0) is 40.3 Å². The quantitative estimate of drug-likeness (QED) is 0.531. The van der Waals surface area contributed by atoms with Crippen molar-refractivity contribution in [3.05, 3.63) is 12.2 Å². The number of hydrogen-bond acceptors (Lipinski definition) is 3. The molecule has 0 saturated heterocycles. The van der Waals surface area contributed by atoms with Crippen LogP contribution in [0.1, 0.15) is 26.7 Å². The van der Waals surface area contributed by atoms with Crippen LogP contribution in [0.15, 0.2) is 12.2 Å². The number of hydrogen-bond donors (Lipinski definition) is 2. The van der Waals surface area contributed by atoms with Crippen molar-refractivity contribution in [3.8, 4) is 0 Å². The van der Waals surface area contributed by atoms with Gasteiger partial charge in [0.25, 0.3) is 0 Å². The summed E-state index contributed by atoms with van der Waals surface area (Å²) in [6.45, 7) is 6.10. The van der Waals surface area contributed by atoms with Crippen LogP contribution in [0.5, 0.6) is 0 Å². The van der Waals surface area contributed by atoms with Crippen molar-refractivity contribution in [1.82, 2.24) is 10.2 Å². The molecule has 1 amide bonds. The standard InChI is InChI=1S/C13H25N3O/c1-10(2)16(3)8-4-7-15-13(17)11-5-6-12(14)9-11/h5-6,10-12H,4,7-9,14H2,1-3H3,(H,15,17). The minimum Gasteiger partial charge on any atom is -0.356 e. The molecule has 4 nitrogen and oxygen atoms in total. The van der Waals surface area contributed by atoms with E-state index in [2.05, 4.69) is 31.1 Å². The Hall–Kier alpha value is -0.870. The maximum atomic E-state index is 11.7. The summed E-state index contributed by atoms with van der Waals surface area (Å²) in [5, 5.41) is 2.97. The third kappa shape index (κ3) is 4.88. The molecule has 1 rings (SSSR count). The van der Waals surface area contributed by atoms with Gasteiger partial charge in [0, 0.05) is 18.6 Å². The SMILES string of the molecule is CC(C)N(C)CCCNC(=O)C1C=CC(N)C1. The first-order valence-electron chi connectivity index (χ1n) is 6.42. The molecule has 2 unspecified atom stereocenters. The molecular weight excluding hydrogens is 214 g/mol. The maximum Gasteiger partial charge on any atom is 0.226 e. The number of rotatable bonds is 6. The number of carbonyl (C=O) groups is 1. The number of amides is 1. The highest BCUT2D eigenvalue weighted by Crippen LogP contribution is 2.15. The number of carbonyl (C=O) groups excluding carboxylic acids is 1. The van der Waals surface area contributed by atoms with Crippen LogP contribution in [-0.2, 0) is 4.79 Å². The van der Waals surface area contributed by atoms with E-state index in [1.807, 2.05) is 12.2 Å². The molecule has 3 N–H and O–H groups in total. The first kappa shape index (κ1) is 14.2. The molecule has 0 radical (unpaired) electrons. The van der Waals surface area contributed by atoms with Crippen molar-refractivity contribution < 1.29 is 4.79 Å². The van der Waals surface area contributed by atoms with Crippen LogP contribution < -0.4 is 11.1 Å². The summed E-state index contributed by atoms with van der Waals surface area (Å²) in [7, 11) is 2.10. The molecule has 0 fully saturated rings. The molecule has 17 heavy (non-hydrogen) atoms. The number of nitrogens with two attached hydrogens (primary N) is 1. The van der Waals surface area contributed by atoms with Crippen LogP contribution in [-0.4, -0.2) is 43.0 Å². The summed E-state index contributed by atoms with van der Waals surface area (Å²) in [4.78, 5) is 14.0. The van der Waals surface area contributed by atoms with E-state index in [-0.39, 0.29) is 17.9 Å². The molecule has 1 aliphatic carbocycles. The Kier molecular flexibility index (Phi) is 5.65. The third-order valence-electron chi connectivity index (χ3n) is 3.32. The molecule has 0 spiro atoms. The number of nitrogens with zero attached hydrogens (tertiary/aromatic N) is 1. The van der Waals surface area contributed by atoms with Crippen molar-refractivity contribution in [2.45, 2.75) is 38.8 Å². The molecule has 0 saturated carbocycles. The Morgan fingerprint density at radius 2 is 2.24 bits per heavy atom. The highest BCUT2D eigenvalue weighted by molar-refractivity contribution is 5.81. The van der Waals surface area contributed by atoms with Gasteiger partial charge < -0.3 is 16.0 Å². The Labute approximate surface area is 104 Å². The molecule has 0 aliphatic heterocycles. The average Bonchev–Trinajstić information content (AvgIpc) is 2.70. The molecular formula is C13H25N3O. The summed E-state index contributed by atoms with van der Waals surface area (Å²) >= 11 is 0. The molecule has 0 bridgehead atoms. The van der Waals surface area contributed by atoms with Gasteiger partial charge in [-0.15, -0.1) is 0 Å². The highest BCUT2D eigenvalue weighted by Gasteiger charge is 2.21. The second kappa shape index (κ2) is 6.77. The Morgan fingerprint density at radius 3 is 2.76 bits per heavy atom. The summed E-state index contributed by atoms with van der Waals surface area (Å²) < 4.78 is 0. The normalized spacial score (nSPS) is 23.6. The zero-order valence-corrected chi connectivity index (χ0v) is 11.1. The van der Waals surface area contributed by atoms with E-state index >= 15 is 0 Å². The third-order valence-corrected chi connectivity index (χ3v) is 3.32. The van der Waals surface area contributed by atoms with Gasteiger partial charge in [0.2, 0.25) is 5.91 Å². The van der Waals surface area contributed by atoms with Crippen molar-refractivity contribution in [2.75, 3.05) is 20.1 Å². The second-order valence-electron chi connectivity index (χ2n) is 5.11. The highest BCUT2D eigenvalue weighted by atomic mass is 16.1. The van der Waals surface area contributed by atoms with Gasteiger partial charge >= 0.3 is 0 Å². The van der Waals surface area contributed by atoms with Crippen LogP contribution in [0.4, 0.5) is 0 Å². The van der Waals surface area contributed by atoms with E-state index < -0.39 is 0 Å². The van der Waals surface area contributed by atoms with E-state index in [0.29, 0.717) is 6.04 Å². The van der Waals surface area contributed by atoms with Crippen LogP contribution in [0.3, 0.4) is 0 Å².